The second-order valence-corrected chi connectivity index (χ2v) is 7.06. The first-order chi connectivity index (χ1) is 13.3. The molecule has 0 spiro atoms. The molecule has 1 unspecified atom stereocenters. The Balaban J connectivity index is 1.61. The SMILES string of the molecule is C=CCc1cc2c(cc1OCc1ccccc1)CC(COCCCCC)O2. The molecule has 0 N–H and O–H groups in total. The summed E-state index contributed by atoms with van der Waals surface area (Å²) in [6.07, 6.45) is 7.20. The van der Waals surface area contributed by atoms with Gasteiger partial charge in [0, 0.05) is 24.2 Å². The van der Waals surface area contributed by atoms with Crippen LogP contribution < -0.4 is 9.47 Å². The lowest BCUT2D eigenvalue weighted by molar-refractivity contribution is 0.0586. The van der Waals surface area contributed by atoms with Crippen LogP contribution in [0.25, 0.3) is 0 Å². The Morgan fingerprint density at radius 3 is 2.81 bits per heavy atom. The molecule has 0 amide bonds. The van der Waals surface area contributed by atoms with Crippen LogP contribution in [0.1, 0.15) is 42.9 Å². The van der Waals surface area contributed by atoms with Crippen LogP contribution in [0.2, 0.25) is 0 Å². The van der Waals surface area contributed by atoms with Gasteiger partial charge >= 0.3 is 0 Å². The Morgan fingerprint density at radius 2 is 2.04 bits per heavy atom. The van der Waals surface area contributed by atoms with Crippen molar-refractivity contribution in [3.05, 3.63) is 71.8 Å². The average Bonchev–Trinajstić information content (AvgIpc) is 3.08. The number of fused-ring (bicyclic) bond motifs is 1. The van der Waals surface area contributed by atoms with Crippen LogP contribution in [0.15, 0.2) is 55.1 Å². The zero-order chi connectivity index (χ0) is 18.9. The smallest absolute Gasteiger partial charge is 0.126 e. The number of benzene rings is 2. The topological polar surface area (TPSA) is 27.7 Å². The fourth-order valence-electron chi connectivity index (χ4n) is 3.33. The highest BCUT2D eigenvalue weighted by atomic mass is 16.5. The first-order valence-electron chi connectivity index (χ1n) is 9.98. The fourth-order valence-corrected chi connectivity index (χ4v) is 3.33. The van der Waals surface area contributed by atoms with Crippen molar-refractivity contribution < 1.29 is 14.2 Å². The summed E-state index contributed by atoms with van der Waals surface area (Å²) in [7, 11) is 0. The van der Waals surface area contributed by atoms with Gasteiger partial charge in [-0.2, -0.15) is 0 Å². The van der Waals surface area contributed by atoms with Crippen LogP contribution in [-0.2, 0) is 24.2 Å². The Morgan fingerprint density at radius 1 is 1.19 bits per heavy atom. The minimum absolute atomic E-state index is 0.0996. The van der Waals surface area contributed by atoms with Gasteiger partial charge in [0.2, 0.25) is 0 Å². The van der Waals surface area contributed by atoms with Gasteiger partial charge in [0.15, 0.2) is 0 Å². The maximum absolute atomic E-state index is 6.13. The van der Waals surface area contributed by atoms with Gasteiger partial charge in [-0.15, -0.1) is 6.58 Å². The van der Waals surface area contributed by atoms with Crippen LogP contribution in [0.5, 0.6) is 11.5 Å². The highest BCUT2D eigenvalue weighted by Crippen LogP contribution is 2.36. The third kappa shape index (κ3) is 5.61. The molecule has 0 radical (unpaired) electrons. The molecule has 0 saturated heterocycles. The summed E-state index contributed by atoms with van der Waals surface area (Å²) in [5.41, 5.74) is 3.48. The molecular formula is C24H30O3. The monoisotopic (exact) mass is 366 g/mol. The predicted octanol–water partition coefficient (Wildman–Crippen LogP) is 5.50. The van der Waals surface area contributed by atoms with Crippen molar-refractivity contribution in [1.29, 1.82) is 0 Å². The van der Waals surface area contributed by atoms with Gasteiger partial charge in [-0.3, -0.25) is 0 Å². The van der Waals surface area contributed by atoms with E-state index in [9.17, 15) is 0 Å². The van der Waals surface area contributed by atoms with Crippen molar-refractivity contribution in [2.75, 3.05) is 13.2 Å². The number of hydrogen-bond acceptors (Lipinski definition) is 3. The molecule has 0 aromatic heterocycles. The van der Waals surface area contributed by atoms with E-state index < -0.39 is 0 Å². The molecule has 0 saturated carbocycles. The third-order valence-electron chi connectivity index (χ3n) is 4.78. The normalized spacial score (nSPS) is 15.2. The van der Waals surface area contributed by atoms with Crippen molar-refractivity contribution in [3.8, 4) is 11.5 Å². The second kappa shape index (κ2) is 10.2. The van der Waals surface area contributed by atoms with Crippen molar-refractivity contribution in [2.45, 2.75) is 51.7 Å². The van der Waals surface area contributed by atoms with Gasteiger partial charge in [0.25, 0.3) is 0 Å². The molecule has 27 heavy (non-hydrogen) atoms. The summed E-state index contributed by atoms with van der Waals surface area (Å²) in [5.74, 6) is 1.88. The zero-order valence-corrected chi connectivity index (χ0v) is 16.3. The Kier molecular flexibility index (Phi) is 7.35. The van der Waals surface area contributed by atoms with E-state index in [2.05, 4.69) is 37.8 Å². The first kappa shape index (κ1) is 19.5. The van der Waals surface area contributed by atoms with E-state index in [0.717, 1.165) is 48.5 Å². The van der Waals surface area contributed by atoms with Crippen LogP contribution >= 0.6 is 0 Å². The van der Waals surface area contributed by atoms with E-state index in [1.807, 2.05) is 24.3 Å². The Hall–Kier alpha value is -2.26. The maximum atomic E-state index is 6.13. The first-order valence-corrected chi connectivity index (χ1v) is 9.98. The highest BCUT2D eigenvalue weighted by Gasteiger charge is 2.25. The van der Waals surface area contributed by atoms with E-state index >= 15 is 0 Å². The third-order valence-corrected chi connectivity index (χ3v) is 4.78. The van der Waals surface area contributed by atoms with Gasteiger partial charge in [-0.05, 0) is 30.5 Å². The van der Waals surface area contributed by atoms with Gasteiger partial charge in [0.05, 0.1) is 6.61 Å². The summed E-state index contributed by atoms with van der Waals surface area (Å²) in [6.45, 7) is 8.10. The molecule has 2 aromatic carbocycles. The molecule has 1 heterocycles. The summed E-state index contributed by atoms with van der Waals surface area (Å²) in [4.78, 5) is 0. The van der Waals surface area contributed by atoms with E-state index in [4.69, 9.17) is 14.2 Å². The Bertz CT molecular complexity index is 724. The molecule has 0 bridgehead atoms. The number of rotatable bonds is 11. The number of unbranched alkanes of at least 4 members (excludes halogenated alkanes) is 2. The van der Waals surface area contributed by atoms with Gasteiger partial charge < -0.3 is 14.2 Å². The van der Waals surface area contributed by atoms with Crippen LogP contribution in [0, 0.1) is 0 Å². The molecule has 1 aliphatic rings. The van der Waals surface area contributed by atoms with Gasteiger partial charge in [-0.1, -0.05) is 56.2 Å². The van der Waals surface area contributed by atoms with E-state index in [1.54, 1.807) is 0 Å². The van der Waals surface area contributed by atoms with Crippen LogP contribution in [0.4, 0.5) is 0 Å². The number of ether oxygens (including phenoxy) is 3. The minimum atomic E-state index is 0.0996. The van der Waals surface area contributed by atoms with E-state index in [-0.39, 0.29) is 6.10 Å². The lowest BCUT2D eigenvalue weighted by Gasteiger charge is -2.13. The molecule has 1 aliphatic heterocycles. The molecule has 0 fully saturated rings. The Labute approximate surface area is 163 Å². The molecule has 144 valence electrons. The van der Waals surface area contributed by atoms with Gasteiger partial charge in [0.1, 0.15) is 24.2 Å². The van der Waals surface area contributed by atoms with Crippen LogP contribution in [-0.4, -0.2) is 19.3 Å². The van der Waals surface area contributed by atoms with E-state index in [0.29, 0.717) is 13.2 Å². The van der Waals surface area contributed by atoms with Crippen molar-refractivity contribution in [3.63, 3.8) is 0 Å². The standard InChI is InChI=1S/C24H30O3/c1-3-5-9-13-25-18-22-14-21-16-23(20(10-4-2)15-24(21)27-22)26-17-19-11-7-6-8-12-19/h4,6-8,11-12,15-16,22H,2-3,5,9-10,13-14,17-18H2,1H3. The highest BCUT2D eigenvalue weighted by molar-refractivity contribution is 5.49. The summed E-state index contributed by atoms with van der Waals surface area (Å²) >= 11 is 0. The summed E-state index contributed by atoms with van der Waals surface area (Å²) in [5, 5.41) is 0. The number of hydrogen-bond donors (Lipinski definition) is 0. The average molecular weight is 367 g/mol. The number of allylic oxidation sites excluding steroid dienone is 1. The molecule has 3 rings (SSSR count). The summed E-state index contributed by atoms with van der Waals surface area (Å²) < 4.78 is 18.0. The quantitative estimate of drug-likeness (QED) is 0.388. The molecule has 1 atom stereocenters. The van der Waals surface area contributed by atoms with Crippen molar-refractivity contribution in [2.24, 2.45) is 0 Å². The predicted molar refractivity (Wildman–Crippen MR) is 110 cm³/mol. The minimum Gasteiger partial charge on any atom is -0.489 e. The lowest BCUT2D eigenvalue weighted by Crippen LogP contribution is -2.20. The largest absolute Gasteiger partial charge is 0.489 e. The molecule has 3 nitrogen and oxygen atoms in total. The molecule has 0 aliphatic carbocycles. The van der Waals surface area contributed by atoms with Crippen molar-refractivity contribution in [1.82, 2.24) is 0 Å². The fraction of sp³-hybridized carbons (Fsp3) is 0.417. The van der Waals surface area contributed by atoms with Gasteiger partial charge in [-0.25, -0.2) is 0 Å². The van der Waals surface area contributed by atoms with Crippen LogP contribution in [0.3, 0.4) is 0 Å². The molecular weight excluding hydrogens is 336 g/mol. The molecule has 2 aromatic rings. The zero-order valence-electron chi connectivity index (χ0n) is 16.3. The summed E-state index contributed by atoms with van der Waals surface area (Å²) in [6, 6.07) is 14.5. The van der Waals surface area contributed by atoms with Crippen molar-refractivity contribution >= 4 is 0 Å². The molecule has 3 heteroatoms. The van der Waals surface area contributed by atoms with E-state index in [1.165, 1.54) is 18.4 Å². The lowest BCUT2D eigenvalue weighted by atomic mass is 10.0. The maximum Gasteiger partial charge on any atom is 0.126 e. The second-order valence-electron chi connectivity index (χ2n) is 7.06.